The normalized spacial score (nSPS) is 7.14. The summed E-state index contributed by atoms with van der Waals surface area (Å²) in [6.45, 7) is 13.5. The van der Waals surface area contributed by atoms with E-state index in [1.54, 1.807) is 0 Å². The molecule has 0 amide bonds. The Morgan fingerprint density at radius 2 is 0.929 bits per heavy atom. The number of rotatable bonds is 0. The Bertz CT molecular complexity index is 146. The number of hydrogen-bond donors (Lipinski definition) is 0. The predicted molar refractivity (Wildman–Crippen MR) is 46.0 cm³/mol. The van der Waals surface area contributed by atoms with Crippen molar-refractivity contribution in [3.05, 3.63) is 50.7 Å². The minimum absolute atomic E-state index is 0. The van der Waals surface area contributed by atoms with E-state index in [-0.39, 0.29) is 21.1 Å². The summed E-state index contributed by atoms with van der Waals surface area (Å²) >= 11 is 2.62. The maximum atomic E-state index is 7.50. The summed E-state index contributed by atoms with van der Waals surface area (Å²) in [5.74, 6) is 1.88. The molecule has 0 bridgehead atoms. The molecule has 0 aromatic carbocycles. The second-order valence-corrected chi connectivity index (χ2v) is 0.962. The van der Waals surface area contributed by atoms with Crippen LogP contribution in [0.4, 0.5) is 0 Å². The first-order valence-electron chi connectivity index (χ1n) is 2.69. The summed E-state index contributed by atoms with van der Waals surface area (Å²) < 4.78 is 22.5. The van der Waals surface area contributed by atoms with Crippen LogP contribution in [0.5, 0.6) is 0 Å². The first-order valence-corrected chi connectivity index (χ1v) is 4.40. The van der Waals surface area contributed by atoms with Gasteiger partial charge in [0.05, 0.1) is 0 Å². The summed E-state index contributed by atoms with van der Waals surface area (Å²) in [6, 6.07) is 0. The molecule has 0 aromatic rings. The Morgan fingerprint density at radius 3 is 1.00 bits per heavy atom. The molecule has 0 aromatic heterocycles. The van der Waals surface area contributed by atoms with Crippen molar-refractivity contribution in [1.82, 2.24) is 0 Å². The molecule has 14 heavy (non-hydrogen) atoms. The second kappa shape index (κ2) is 76.0. The van der Waals surface area contributed by atoms with E-state index in [4.69, 9.17) is 14.0 Å². The van der Waals surface area contributed by atoms with Gasteiger partial charge in [0.2, 0.25) is 0 Å². The Morgan fingerprint density at radius 1 is 0.714 bits per heavy atom. The molecular formula is C9H8O3SeW. The van der Waals surface area contributed by atoms with E-state index in [0.29, 0.717) is 0 Å². The van der Waals surface area contributed by atoms with E-state index in [9.17, 15) is 0 Å². The zero-order chi connectivity index (χ0) is 11.5. The van der Waals surface area contributed by atoms with Gasteiger partial charge in [-0.25, -0.2) is 0 Å². The Kier molecular flexibility index (Phi) is 159. The average Bonchev–Trinajstić information content (AvgIpc) is 2.87. The average molecular weight is 427 g/mol. The fraction of sp³-hybridized carbons (Fsp3) is 0.111. The fourth-order valence-electron chi connectivity index (χ4n) is 0.321. The van der Waals surface area contributed by atoms with Crippen LogP contribution >= 0.6 is 0 Å². The molecule has 0 atom stereocenters. The Labute approximate surface area is 107 Å². The van der Waals surface area contributed by atoms with E-state index >= 15 is 0 Å². The minimum Gasteiger partial charge on any atom is -0.0767 e. The third-order valence-corrected chi connectivity index (χ3v) is 0.556. The van der Waals surface area contributed by atoms with E-state index in [1.165, 1.54) is 0 Å². The van der Waals surface area contributed by atoms with Crippen molar-refractivity contribution in [2.75, 3.05) is 0 Å². The van der Waals surface area contributed by atoms with Gasteiger partial charge >= 0.3 is 55.7 Å². The quantitative estimate of drug-likeness (QED) is 0.319. The standard InChI is InChI=1S/C5H5.3CO.CH3Se.W/c1-2-4-5-3-1;4*1-2;/h1-5H;;;;1H3;. The van der Waals surface area contributed by atoms with Crippen molar-refractivity contribution >= 4 is 16.0 Å². The Balaban J connectivity index is -0.0000000267. The summed E-state index contributed by atoms with van der Waals surface area (Å²) in [5, 5.41) is 0. The van der Waals surface area contributed by atoms with Crippen LogP contribution in [0.1, 0.15) is 0 Å². The first-order chi connectivity index (χ1) is 6.50. The van der Waals surface area contributed by atoms with Gasteiger partial charge in [-0.05, 0) is 0 Å². The van der Waals surface area contributed by atoms with Crippen LogP contribution in [0.2, 0.25) is 5.82 Å². The van der Waals surface area contributed by atoms with Crippen molar-refractivity contribution in [1.29, 1.82) is 0 Å². The van der Waals surface area contributed by atoms with Gasteiger partial charge in [0.25, 0.3) is 0 Å². The first kappa shape index (κ1) is 29.2. The van der Waals surface area contributed by atoms with Crippen LogP contribution in [0, 0.1) is 26.4 Å². The topological polar surface area (TPSA) is 59.7 Å². The van der Waals surface area contributed by atoms with Crippen molar-refractivity contribution in [3.8, 4) is 0 Å². The van der Waals surface area contributed by atoms with Crippen molar-refractivity contribution < 1.29 is 35.0 Å². The van der Waals surface area contributed by atoms with Crippen molar-refractivity contribution in [2.45, 2.75) is 5.82 Å². The maximum absolute atomic E-state index is 7.50. The van der Waals surface area contributed by atoms with Crippen molar-refractivity contribution in [2.24, 2.45) is 0 Å². The molecule has 0 saturated carbocycles. The predicted octanol–water partition coefficient (Wildman–Crippen LogP) is 1.40. The van der Waals surface area contributed by atoms with Gasteiger partial charge in [0.15, 0.2) is 0 Å². The van der Waals surface area contributed by atoms with Gasteiger partial charge in [0, 0.05) is 27.5 Å². The van der Waals surface area contributed by atoms with Crippen LogP contribution < -0.4 is 0 Å². The molecule has 0 saturated heterocycles. The van der Waals surface area contributed by atoms with E-state index in [1.807, 2.05) is 36.5 Å². The molecule has 1 aliphatic rings. The van der Waals surface area contributed by atoms with Gasteiger partial charge in [-0.15, -0.1) is 0 Å². The molecular weight excluding hydrogens is 419 g/mol. The summed E-state index contributed by atoms with van der Waals surface area (Å²) in [6.07, 6.45) is 10.0. The third-order valence-electron chi connectivity index (χ3n) is 0.556. The molecule has 74 valence electrons. The molecule has 0 fully saturated rings. The zero-order valence-electron chi connectivity index (χ0n) is 7.43. The molecule has 0 unspecified atom stereocenters. The largest absolute Gasteiger partial charge is 0.0767 e. The molecule has 3 nitrogen and oxygen atoms in total. The molecule has 0 aliphatic heterocycles. The van der Waals surface area contributed by atoms with Crippen LogP contribution in [0.15, 0.2) is 24.3 Å². The third kappa shape index (κ3) is 58.8. The zero-order valence-corrected chi connectivity index (χ0v) is 12.1. The van der Waals surface area contributed by atoms with E-state index < -0.39 is 0 Å². The van der Waals surface area contributed by atoms with Gasteiger partial charge in [-0.3, -0.25) is 0 Å². The molecule has 5 heteroatoms. The maximum Gasteiger partial charge on any atom is 0.00506 e. The van der Waals surface area contributed by atoms with Crippen LogP contribution in [-0.2, 0) is 35.0 Å². The minimum atomic E-state index is 0. The summed E-state index contributed by atoms with van der Waals surface area (Å²) in [4.78, 5) is 0. The number of allylic oxidation sites excluding steroid dienone is 4. The smallest absolute Gasteiger partial charge is 0.00506 e. The van der Waals surface area contributed by atoms with Crippen LogP contribution in [0.25, 0.3) is 0 Å². The molecule has 1 rings (SSSR count). The SMILES string of the molecule is C[Se].[C-]#[O+].[C-]#[O+].[C-]#[O+].[CH]1C=CC=C1.[W]. The van der Waals surface area contributed by atoms with E-state index in [0.717, 1.165) is 0 Å². The fourth-order valence-corrected chi connectivity index (χ4v) is 0.321. The summed E-state index contributed by atoms with van der Waals surface area (Å²) in [5.41, 5.74) is 0. The van der Waals surface area contributed by atoms with Gasteiger partial charge in [-0.1, -0.05) is 24.3 Å². The van der Waals surface area contributed by atoms with Crippen LogP contribution in [0.3, 0.4) is 0 Å². The van der Waals surface area contributed by atoms with Gasteiger partial charge < -0.3 is 0 Å². The van der Waals surface area contributed by atoms with E-state index in [2.05, 4.69) is 36.0 Å². The second-order valence-electron chi connectivity index (χ2n) is 0.962. The molecule has 2 radical (unpaired) electrons. The van der Waals surface area contributed by atoms with Crippen LogP contribution in [-0.4, -0.2) is 16.0 Å². The molecule has 0 heterocycles. The van der Waals surface area contributed by atoms with Gasteiger partial charge in [-0.2, -0.15) is 0 Å². The van der Waals surface area contributed by atoms with Crippen molar-refractivity contribution in [3.63, 3.8) is 0 Å². The Hall–Kier alpha value is -0.0922. The monoisotopic (exact) mass is 428 g/mol. The molecule has 0 spiro atoms. The number of hydrogen-bond acceptors (Lipinski definition) is 0. The summed E-state index contributed by atoms with van der Waals surface area (Å²) in [7, 11) is 0. The molecule has 1 aliphatic carbocycles. The van der Waals surface area contributed by atoms with Gasteiger partial charge in [0.1, 0.15) is 0 Å². The molecule has 0 N–H and O–H groups in total.